The second-order valence-electron chi connectivity index (χ2n) is 6.71. The van der Waals surface area contributed by atoms with Crippen molar-refractivity contribution in [3.05, 3.63) is 16.2 Å². The molecule has 6 heteroatoms. The molecule has 0 aliphatic rings. The van der Waals surface area contributed by atoms with Crippen molar-refractivity contribution in [2.24, 2.45) is 4.99 Å². The Balaban J connectivity index is 2.67. The smallest absolute Gasteiger partial charge is 0.228 e. The molecule has 0 saturated heterocycles. The van der Waals surface area contributed by atoms with E-state index in [1.54, 1.807) is 0 Å². The van der Waals surface area contributed by atoms with Gasteiger partial charge in [-0.15, -0.1) is 0 Å². The molecule has 0 aliphatic carbocycles. The molecule has 0 spiro atoms. The second kappa shape index (κ2) is 8.67. The van der Waals surface area contributed by atoms with Gasteiger partial charge in [0.1, 0.15) is 0 Å². The fourth-order valence-corrected chi connectivity index (χ4v) is 3.42. The summed E-state index contributed by atoms with van der Waals surface area (Å²) in [5, 5.41) is 0. The molecule has 0 radical (unpaired) electrons. The highest BCUT2D eigenvalue weighted by Crippen LogP contribution is 2.29. The number of hydrogen-bond donors (Lipinski definition) is 0. The van der Waals surface area contributed by atoms with Crippen LogP contribution in [0.2, 0.25) is 25.7 Å². The van der Waals surface area contributed by atoms with E-state index in [1.807, 2.05) is 31.3 Å². The van der Waals surface area contributed by atoms with Crippen molar-refractivity contribution < 1.29 is 4.74 Å². The standard InChI is InChI=1S/C16H28BrN3OSi/c1-7-20(3)12-18-15-11-14(17)16(19-13(15)2)21-9-8-10-22(4,5)6/h11-12H,7-10H2,1-6H3. The molecule has 0 N–H and O–H groups in total. The van der Waals surface area contributed by atoms with Gasteiger partial charge in [-0.3, -0.25) is 0 Å². The van der Waals surface area contributed by atoms with Crippen molar-refractivity contribution in [1.29, 1.82) is 0 Å². The number of aryl methyl sites for hydroxylation is 1. The highest BCUT2D eigenvalue weighted by molar-refractivity contribution is 9.10. The van der Waals surface area contributed by atoms with Crippen LogP contribution in [0.25, 0.3) is 0 Å². The molecular formula is C16H28BrN3OSi. The average Bonchev–Trinajstić information content (AvgIpc) is 2.43. The van der Waals surface area contributed by atoms with Crippen LogP contribution in [0.1, 0.15) is 19.0 Å². The van der Waals surface area contributed by atoms with Gasteiger partial charge in [-0.2, -0.15) is 0 Å². The first-order valence-corrected chi connectivity index (χ1v) is 12.3. The lowest BCUT2D eigenvalue weighted by atomic mass is 10.3. The van der Waals surface area contributed by atoms with E-state index >= 15 is 0 Å². The van der Waals surface area contributed by atoms with Crippen molar-refractivity contribution in [2.75, 3.05) is 20.2 Å². The fraction of sp³-hybridized carbons (Fsp3) is 0.625. The molecule has 1 heterocycles. The Labute approximate surface area is 144 Å². The van der Waals surface area contributed by atoms with Crippen LogP contribution in [0.5, 0.6) is 5.88 Å². The van der Waals surface area contributed by atoms with Crippen LogP contribution in [-0.2, 0) is 0 Å². The van der Waals surface area contributed by atoms with Crippen molar-refractivity contribution in [2.45, 2.75) is 46.0 Å². The van der Waals surface area contributed by atoms with Crippen LogP contribution < -0.4 is 4.74 Å². The van der Waals surface area contributed by atoms with E-state index in [2.05, 4.69) is 52.5 Å². The van der Waals surface area contributed by atoms with Gasteiger partial charge in [-0.25, -0.2) is 9.98 Å². The molecule has 0 bridgehead atoms. The van der Waals surface area contributed by atoms with Crippen LogP contribution in [0.4, 0.5) is 5.69 Å². The lowest BCUT2D eigenvalue weighted by molar-refractivity contribution is 0.302. The highest BCUT2D eigenvalue weighted by atomic mass is 79.9. The van der Waals surface area contributed by atoms with Gasteiger partial charge in [0.2, 0.25) is 5.88 Å². The Morgan fingerprint density at radius 3 is 2.68 bits per heavy atom. The number of nitrogens with zero attached hydrogens (tertiary/aromatic N) is 3. The van der Waals surface area contributed by atoms with E-state index in [0.29, 0.717) is 5.88 Å². The predicted octanol–water partition coefficient (Wildman–Crippen LogP) is 4.87. The maximum atomic E-state index is 5.82. The van der Waals surface area contributed by atoms with Crippen molar-refractivity contribution in [3.8, 4) is 5.88 Å². The third-order valence-electron chi connectivity index (χ3n) is 3.31. The van der Waals surface area contributed by atoms with E-state index in [-0.39, 0.29) is 0 Å². The van der Waals surface area contributed by atoms with Crippen LogP contribution in [-0.4, -0.2) is 44.5 Å². The quantitative estimate of drug-likeness (QED) is 0.277. The Morgan fingerprint density at radius 1 is 1.41 bits per heavy atom. The Morgan fingerprint density at radius 2 is 2.09 bits per heavy atom. The molecule has 0 unspecified atom stereocenters. The number of halogens is 1. The van der Waals surface area contributed by atoms with Crippen LogP contribution in [0.3, 0.4) is 0 Å². The molecule has 1 aromatic heterocycles. The number of pyridine rings is 1. The summed E-state index contributed by atoms with van der Waals surface area (Å²) in [5.41, 5.74) is 1.74. The summed E-state index contributed by atoms with van der Waals surface area (Å²) in [4.78, 5) is 11.0. The van der Waals surface area contributed by atoms with E-state index in [4.69, 9.17) is 4.74 Å². The van der Waals surface area contributed by atoms with E-state index in [9.17, 15) is 0 Å². The Hall–Kier alpha value is -0.883. The summed E-state index contributed by atoms with van der Waals surface area (Å²) in [6.45, 7) is 12.8. The summed E-state index contributed by atoms with van der Waals surface area (Å²) in [7, 11) is 1.01. The predicted molar refractivity (Wildman–Crippen MR) is 101 cm³/mol. The molecule has 1 aromatic rings. The zero-order valence-corrected chi connectivity index (χ0v) is 17.2. The SMILES string of the molecule is CCN(C)C=Nc1cc(Br)c(OCCC[Si](C)(C)C)nc1C. The normalized spacial score (nSPS) is 12.0. The first-order valence-electron chi connectivity index (χ1n) is 7.77. The van der Waals surface area contributed by atoms with E-state index in [0.717, 1.165) is 35.4 Å². The van der Waals surface area contributed by atoms with Gasteiger partial charge >= 0.3 is 0 Å². The zero-order chi connectivity index (χ0) is 16.8. The molecule has 22 heavy (non-hydrogen) atoms. The lowest BCUT2D eigenvalue weighted by Gasteiger charge is -2.16. The van der Waals surface area contributed by atoms with Crippen LogP contribution in [0.15, 0.2) is 15.5 Å². The first kappa shape index (κ1) is 19.2. The van der Waals surface area contributed by atoms with Gasteiger partial charge in [0.15, 0.2) is 0 Å². The third kappa shape index (κ3) is 6.92. The molecule has 0 atom stereocenters. The Bertz CT molecular complexity index is 515. The van der Waals surface area contributed by atoms with Crippen molar-refractivity contribution in [1.82, 2.24) is 9.88 Å². The second-order valence-corrected chi connectivity index (χ2v) is 13.2. The zero-order valence-electron chi connectivity index (χ0n) is 14.6. The maximum absolute atomic E-state index is 5.82. The number of ether oxygens (including phenoxy) is 1. The summed E-state index contributed by atoms with van der Waals surface area (Å²) in [6, 6.07) is 3.24. The summed E-state index contributed by atoms with van der Waals surface area (Å²) < 4.78 is 6.68. The first-order chi connectivity index (χ1) is 10.2. The Kier molecular flexibility index (Phi) is 7.55. The molecule has 4 nitrogen and oxygen atoms in total. The molecule has 124 valence electrons. The minimum Gasteiger partial charge on any atom is -0.477 e. The van der Waals surface area contributed by atoms with Gasteiger partial charge < -0.3 is 9.64 Å². The van der Waals surface area contributed by atoms with Crippen molar-refractivity contribution >= 4 is 36.0 Å². The molecule has 0 saturated carbocycles. The molecular weight excluding hydrogens is 358 g/mol. The minimum atomic E-state index is -0.990. The monoisotopic (exact) mass is 385 g/mol. The van der Waals surface area contributed by atoms with Crippen LogP contribution >= 0.6 is 15.9 Å². The van der Waals surface area contributed by atoms with Gasteiger partial charge in [0, 0.05) is 21.7 Å². The van der Waals surface area contributed by atoms with E-state index < -0.39 is 8.07 Å². The van der Waals surface area contributed by atoms with Gasteiger partial charge in [0.05, 0.1) is 28.8 Å². The molecule has 0 amide bonds. The lowest BCUT2D eigenvalue weighted by Crippen LogP contribution is -2.20. The number of hydrogen-bond acceptors (Lipinski definition) is 3. The topological polar surface area (TPSA) is 37.7 Å². The van der Waals surface area contributed by atoms with Gasteiger partial charge in [0.25, 0.3) is 0 Å². The minimum absolute atomic E-state index is 0.663. The van der Waals surface area contributed by atoms with Crippen molar-refractivity contribution in [3.63, 3.8) is 0 Å². The largest absolute Gasteiger partial charge is 0.477 e. The molecule has 0 aromatic carbocycles. The molecule has 0 fully saturated rings. The molecule has 0 aliphatic heterocycles. The summed E-state index contributed by atoms with van der Waals surface area (Å²) >= 11 is 3.53. The maximum Gasteiger partial charge on any atom is 0.228 e. The number of rotatable bonds is 8. The average molecular weight is 386 g/mol. The summed E-state index contributed by atoms with van der Waals surface area (Å²) in [5.74, 6) is 0.663. The molecule has 1 rings (SSSR count). The summed E-state index contributed by atoms with van der Waals surface area (Å²) in [6.07, 6.45) is 2.91. The van der Waals surface area contributed by atoms with Crippen LogP contribution in [0, 0.1) is 6.92 Å². The van der Waals surface area contributed by atoms with E-state index in [1.165, 1.54) is 6.04 Å². The fourth-order valence-electron chi connectivity index (χ4n) is 1.79. The number of aromatic nitrogens is 1. The number of aliphatic imine (C=N–C) groups is 1. The van der Waals surface area contributed by atoms with Gasteiger partial charge in [-0.1, -0.05) is 25.7 Å². The highest BCUT2D eigenvalue weighted by Gasteiger charge is 2.13. The van der Waals surface area contributed by atoms with Gasteiger partial charge in [-0.05, 0) is 42.3 Å². The third-order valence-corrected chi connectivity index (χ3v) is 5.73.